The fraction of sp³-hybridized carbons (Fsp3) is 0.325. The van der Waals surface area contributed by atoms with Crippen LogP contribution in [0.2, 0.25) is 5.02 Å². The average Bonchev–Trinajstić information content (AvgIpc) is 3.91. The zero-order valence-corrected chi connectivity index (χ0v) is 32.3. The maximum absolute atomic E-state index is 11.6. The lowest BCUT2D eigenvalue weighted by Crippen LogP contribution is -2.14. The van der Waals surface area contributed by atoms with Gasteiger partial charge in [-0.2, -0.15) is 0 Å². The maximum Gasteiger partial charge on any atom is 0.304 e. The van der Waals surface area contributed by atoms with E-state index in [1.807, 2.05) is 67.0 Å². The smallest absolute Gasteiger partial charge is 0.304 e. The number of rotatable bonds is 11. The monoisotopic (exact) mass is 755 g/mol. The molecule has 6 aromatic rings. The van der Waals surface area contributed by atoms with Crippen LogP contribution in [0, 0.1) is 0 Å². The second-order valence-corrected chi connectivity index (χ2v) is 17.1. The third-order valence-corrected chi connectivity index (χ3v) is 12.4. The van der Waals surface area contributed by atoms with E-state index in [0.717, 1.165) is 79.9 Å². The van der Waals surface area contributed by atoms with E-state index in [2.05, 4.69) is 53.6 Å². The molecular weight excluding hydrogens is 714 g/mol. The number of aryl methyl sites for hydroxylation is 3. The number of thiazole rings is 3. The summed E-state index contributed by atoms with van der Waals surface area (Å²) >= 11 is 10.8. The standard InChI is InChI=1S/C27H28N4O2S2.C13H14ClNS/c32-25(33)15-20(23-16-29-27(35-23)19-6-2-1-3-7-19)14-22-17-34-24(30-22)10-4-9-21-12-11-18-8-5-13-28-26(18)31-21;1-13(2,3)12-15-8-11(16-12)9-4-6-10(14)7-5-9/h1-3,6-7,11-12,16-17,20H,4-5,8-10,13-15H2,(H,28,31)(H,32,33);4-8H,1-3H3. The fourth-order valence-electron chi connectivity index (χ4n) is 5.78. The molecule has 7 nitrogen and oxygen atoms in total. The fourth-order valence-corrected chi connectivity index (χ4v) is 8.76. The number of fused-ring (bicyclic) bond motifs is 1. The minimum atomic E-state index is -0.799. The Balaban J connectivity index is 0.000000234. The summed E-state index contributed by atoms with van der Waals surface area (Å²) in [6.45, 7) is 7.54. The highest BCUT2D eigenvalue weighted by Crippen LogP contribution is 2.35. The van der Waals surface area contributed by atoms with Crippen molar-refractivity contribution in [2.45, 2.75) is 77.0 Å². The van der Waals surface area contributed by atoms with Crippen molar-refractivity contribution in [2.75, 3.05) is 11.9 Å². The zero-order chi connectivity index (χ0) is 35.8. The molecule has 0 saturated carbocycles. The van der Waals surface area contributed by atoms with E-state index in [4.69, 9.17) is 21.6 Å². The highest BCUT2D eigenvalue weighted by molar-refractivity contribution is 7.15. The van der Waals surface area contributed by atoms with Crippen LogP contribution >= 0.6 is 45.6 Å². The summed E-state index contributed by atoms with van der Waals surface area (Å²) in [6, 6.07) is 22.2. The SMILES string of the molecule is CC(C)(C)c1ncc(-c2ccc(Cl)cc2)s1.O=C(O)CC(Cc1csc(CCCc2ccc3c(n2)NCCC3)n1)c1cnc(-c2ccccc2)s1. The first kappa shape index (κ1) is 36.8. The third kappa shape index (κ3) is 10.3. The van der Waals surface area contributed by atoms with E-state index in [1.165, 1.54) is 22.4 Å². The van der Waals surface area contributed by atoms with Crippen molar-refractivity contribution in [1.29, 1.82) is 0 Å². The topological polar surface area (TPSA) is 101 Å². The van der Waals surface area contributed by atoms with Crippen LogP contribution in [0.15, 0.2) is 84.5 Å². The summed E-state index contributed by atoms with van der Waals surface area (Å²) in [5.41, 5.74) is 5.75. The molecule has 0 bridgehead atoms. The lowest BCUT2D eigenvalue weighted by molar-refractivity contribution is -0.137. The molecule has 1 unspecified atom stereocenters. The van der Waals surface area contributed by atoms with Gasteiger partial charge in [-0.15, -0.1) is 34.0 Å². The Hall–Kier alpha value is -3.96. The molecule has 2 N–H and O–H groups in total. The van der Waals surface area contributed by atoms with Crippen molar-refractivity contribution in [3.05, 3.63) is 121 Å². The second kappa shape index (κ2) is 17.0. The van der Waals surface area contributed by atoms with Gasteiger partial charge in [0.05, 0.1) is 27.0 Å². The molecule has 11 heteroatoms. The van der Waals surface area contributed by atoms with E-state index in [-0.39, 0.29) is 17.8 Å². The Bertz CT molecular complexity index is 2030. The molecule has 2 aromatic carbocycles. The Morgan fingerprint density at radius 1 is 0.922 bits per heavy atom. The molecule has 1 aliphatic rings. The highest BCUT2D eigenvalue weighted by Gasteiger charge is 2.21. The summed E-state index contributed by atoms with van der Waals surface area (Å²) < 4.78 is 0. The van der Waals surface area contributed by atoms with Crippen molar-refractivity contribution < 1.29 is 9.90 Å². The Morgan fingerprint density at radius 2 is 1.73 bits per heavy atom. The molecule has 0 fully saturated rings. The number of hydrogen-bond acceptors (Lipinski definition) is 9. The molecule has 0 aliphatic carbocycles. The first-order chi connectivity index (χ1) is 24.6. The normalized spacial score (nSPS) is 13.1. The van der Waals surface area contributed by atoms with E-state index in [1.54, 1.807) is 34.0 Å². The van der Waals surface area contributed by atoms with Crippen LogP contribution in [-0.4, -0.2) is 37.6 Å². The van der Waals surface area contributed by atoms with Gasteiger partial charge in [0.2, 0.25) is 0 Å². The number of carboxylic acid groups (broad SMARTS) is 1. The Kier molecular flexibility index (Phi) is 12.3. The van der Waals surface area contributed by atoms with Crippen LogP contribution in [0.4, 0.5) is 5.82 Å². The van der Waals surface area contributed by atoms with Crippen LogP contribution in [0.5, 0.6) is 0 Å². The van der Waals surface area contributed by atoms with Gasteiger partial charge in [0.15, 0.2) is 0 Å². The molecule has 7 rings (SSSR count). The minimum Gasteiger partial charge on any atom is -0.481 e. The van der Waals surface area contributed by atoms with Gasteiger partial charge in [0.1, 0.15) is 10.8 Å². The molecule has 1 aliphatic heterocycles. The third-order valence-electron chi connectivity index (χ3n) is 8.47. The number of carboxylic acids is 1. The number of pyridine rings is 1. The predicted octanol–water partition coefficient (Wildman–Crippen LogP) is 10.8. The van der Waals surface area contributed by atoms with E-state index >= 15 is 0 Å². The zero-order valence-electron chi connectivity index (χ0n) is 29.1. The molecular formula is C40H42ClN5O2S3. The minimum absolute atomic E-state index is 0.0708. The van der Waals surface area contributed by atoms with Crippen LogP contribution < -0.4 is 5.32 Å². The van der Waals surface area contributed by atoms with Crippen molar-refractivity contribution >= 4 is 57.4 Å². The first-order valence-electron chi connectivity index (χ1n) is 17.2. The second-order valence-electron chi connectivity index (χ2n) is 13.6. The average molecular weight is 756 g/mol. The highest BCUT2D eigenvalue weighted by atomic mass is 35.5. The Morgan fingerprint density at radius 3 is 2.47 bits per heavy atom. The van der Waals surface area contributed by atoms with Crippen LogP contribution in [0.1, 0.15) is 77.8 Å². The van der Waals surface area contributed by atoms with Gasteiger partial charge in [-0.05, 0) is 67.9 Å². The van der Waals surface area contributed by atoms with E-state index < -0.39 is 5.97 Å². The summed E-state index contributed by atoms with van der Waals surface area (Å²) in [7, 11) is 0. The van der Waals surface area contributed by atoms with Crippen LogP contribution in [0.3, 0.4) is 0 Å². The Labute approximate surface area is 316 Å². The van der Waals surface area contributed by atoms with Crippen LogP contribution in [-0.2, 0) is 35.9 Å². The summed E-state index contributed by atoms with van der Waals surface area (Å²) in [4.78, 5) is 32.4. The molecule has 51 heavy (non-hydrogen) atoms. The van der Waals surface area contributed by atoms with Gasteiger partial charge in [-0.1, -0.05) is 80.9 Å². The molecule has 4 aromatic heterocycles. The number of halogens is 1. The van der Waals surface area contributed by atoms with Crippen molar-refractivity contribution in [3.8, 4) is 21.0 Å². The predicted molar refractivity (Wildman–Crippen MR) is 213 cm³/mol. The van der Waals surface area contributed by atoms with E-state index in [0.29, 0.717) is 6.42 Å². The van der Waals surface area contributed by atoms with Crippen molar-refractivity contribution in [1.82, 2.24) is 19.9 Å². The number of benzene rings is 2. The van der Waals surface area contributed by atoms with Gasteiger partial charge >= 0.3 is 5.97 Å². The molecule has 0 radical (unpaired) electrons. The molecule has 0 saturated heterocycles. The molecule has 0 spiro atoms. The van der Waals surface area contributed by atoms with Crippen molar-refractivity contribution in [2.24, 2.45) is 0 Å². The molecule has 5 heterocycles. The summed E-state index contributed by atoms with van der Waals surface area (Å²) in [6.07, 6.45) is 9.54. The number of hydrogen-bond donors (Lipinski definition) is 2. The number of carbonyl (C=O) groups is 1. The lowest BCUT2D eigenvalue weighted by atomic mass is 9.98. The number of nitrogens with one attached hydrogen (secondary N) is 1. The van der Waals surface area contributed by atoms with Gasteiger partial charge in [-0.3, -0.25) is 4.79 Å². The van der Waals surface area contributed by atoms with Crippen molar-refractivity contribution in [3.63, 3.8) is 0 Å². The van der Waals surface area contributed by atoms with E-state index in [9.17, 15) is 9.90 Å². The lowest BCUT2D eigenvalue weighted by Gasteiger charge is -2.17. The largest absolute Gasteiger partial charge is 0.481 e. The number of aromatic nitrogens is 4. The van der Waals surface area contributed by atoms with Gasteiger partial charge in [0, 0.05) is 56.8 Å². The quantitative estimate of drug-likeness (QED) is 0.136. The summed E-state index contributed by atoms with van der Waals surface area (Å²) in [5, 5.41) is 18.9. The molecule has 1 atom stereocenters. The van der Waals surface area contributed by atoms with Gasteiger partial charge in [-0.25, -0.2) is 19.9 Å². The molecule has 264 valence electrons. The number of nitrogens with zero attached hydrogens (tertiary/aromatic N) is 4. The van der Waals surface area contributed by atoms with Gasteiger partial charge in [0.25, 0.3) is 0 Å². The van der Waals surface area contributed by atoms with Crippen LogP contribution in [0.25, 0.3) is 21.0 Å². The number of anilines is 1. The summed E-state index contributed by atoms with van der Waals surface area (Å²) in [5.74, 6) is 0.116. The molecule has 0 amide bonds. The van der Waals surface area contributed by atoms with Gasteiger partial charge < -0.3 is 10.4 Å². The number of aliphatic carboxylic acids is 1. The maximum atomic E-state index is 11.6. The first-order valence-corrected chi connectivity index (χ1v) is 20.1.